The lowest BCUT2D eigenvalue weighted by Gasteiger charge is -2.36. The van der Waals surface area contributed by atoms with Gasteiger partial charge in [0.05, 0.1) is 19.6 Å². The smallest absolute Gasteiger partial charge is 0.119 e. The molecular formula is C16H16N2O. The maximum Gasteiger partial charge on any atom is 0.119 e. The van der Waals surface area contributed by atoms with Gasteiger partial charge in [-0.2, -0.15) is 5.26 Å². The molecule has 1 aliphatic rings. The van der Waals surface area contributed by atoms with Crippen LogP contribution in [0.15, 0.2) is 36.5 Å². The van der Waals surface area contributed by atoms with Gasteiger partial charge in [0, 0.05) is 23.9 Å². The topological polar surface area (TPSA) is 38.0 Å². The van der Waals surface area contributed by atoms with E-state index in [1.807, 2.05) is 12.1 Å². The fourth-order valence-corrected chi connectivity index (χ4v) is 3.08. The van der Waals surface area contributed by atoms with Crippen molar-refractivity contribution < 1.29 is 4.74 Å². The zero-order chi connectivity index (χ0) is 13.5. The molecule has 0 bridgehead atoms. The van der Waals surface area contributed by atoms with Crippen LogP contribution in [-0.4, -0.2) is 11.7 Å². The highest BCUT2D eigenvalue weighted by atomic mass is 16.5. The summed E-state index contributed by atoms with van der Waals surface area (Å²) in [7, 11) is 1.68. The normalized spacial score (nSPS) is 20.3. The summed E-state index contributed by atoms with van der Waals surface area (Å²) in [5.41, 5.74) is 3.45. The molecule has 0 aliphatic carbocycles. The van der Waals surface area contributed by atoms with Gasteiger partial charge in [0.25, 0.3) is 0 Å². The first-order valence-corrected chi connectivity index (χ1v) is 6.39. The van der Waals surface area contributed by atoms with Crippen molar-refractivity contribution in [2.45, 2.75) is 25.3 Å². The minimum absolute atomic E-state index is 0.238. The Hall–Kier alpha value is -2.21. The van der Waals surface area contributed by atoms with Crippen LogP contribution >= 0.6 is 0 Å². The Morgan fingerprint density at radius 2 is 2.26 bits per heavy atom. The Bertz CT molecular complexity index is 666. The average Bonchev–Trinajstić information content (AvgIpc) is 2.87. The number of aromatic nitrogens is 1. The van der Waals surface area contributed by atoms with Crippen LogP contribution in [0.3, 0.4) is 0 Å². The van der Waals surface area contributed by atoms with Gasteiger partial charge < -0.3 is 9.30 Å². The number of nitriles is 1. The maximum absolute atomic E-state index is 9.19. The molecule has 0 saturated heterocycles. The lowest BCUT2D eigenvalue weighted by molar-refractivity contribution is 0.411. The summed E-state index contributed by atoms with van der Waals surface area (Å²) in [6, 6.07) is 12.7. The summed E-state index contributed by atoms with van der Waals surface area (Å²) in [4.78, 5) is 0. The van der Waals surface area contributed by atoms with Crippen molar-refractivity contribution in [2.75, 3.05) is 7.11 Å². The summed E-state index contributed by atoms with van der Waals surface area (Å²) < 4.78 is 7.52. The first-order valence-electron chi connectivity index (χ1n) is 6.39. The zero-order valence-electron chi connectivity index (χ0n) is 11.2. The van der Waals surface area contributed by atoms with Crippen LogP contribution in [-0.2, 0) is 12.0 Å². The van der Waals surface area contributed by atoms with Crippen LogP contribution in [0, 0.1) is 11.3 Å². The Kier molecular flexibility index (Phi) is 2.60. The van der Waals surface area contributed by atoms with Crippen LogP contribution in [0.5, 0.6) is 5.75 Å². The van der Waals surface area contributed by atoms with Crippen molar-refractivity contribution in [2.24, 2.45) is 0 Å². The summed E-state index contributed by atoms with van der Waals surface area (Å²) in [5.74, 6) is 0.869. The van der Waals surface area contributed by atoms with E-state index < -0.39 is 0 Å². The minimum Gasteiger partial charge on any atom is -0.497 e. The van der Waals surface area contributed by atoms with Gasteiger partial charge in [0.2, 0.25) is 0 Å². The lowest BCUT2D eigenvalue weighted by Crippen LogP contribution is -2.32. The van der Waals surface area contributed by atoms with E-state index in [1.165, 1.54) is 16.8 Å². The monoisotopic (exact) mass is 252 g/mol. The molecule has 0 radical (unpaired) electrons. The third kappa shape index (κ3) is 1.64. The molecular weight excluding hydrogens is 236 g/mol. The molecule has 0 N–H and O–H groups in total. The third-order valence-electron chi connectivity index (χ3n) is 4.08. The summed E-state index contributed by atoms with van der Waals surface area (Å²) in [5, 5.41) is 9.19. The SMILES string of the molecule is COc1ccc2c(c1)Cn1cccc1C2(C)CC#N. The van der Waals surface area contributed by atoms with Gasteiger partial charge in [-0.1, -0.05) is 6.07 Å². The number of rotatable bonds is 2. The van der Waals surface area contributed by atoms with E-state index in [1.54, 1.807) is 7.11 Å². The standard InChI is InChI=1S/C16H16N2O/c1-16(7-8-17)14-6-5-13(19-2)10-12(14)11-18-9-3-4-15(16)18/h3-6,9-10H,7,11H2,1-2H3. The second-order valence-electron chi connectivity index (χ2n) is 5.21. The fourth-order valence-electron chi connectivity index (χ4n) is 3.08. The zero-order valence-corrected chi connectivity index (χ0v) is 11.2. The summed E-state index contributed by atoms with van der Waals surface area (Å²) in [6.45, 7) is 2.99. The van der Waals surface area contributed by atoms with E-state index in [2.05, 4.69) is 42.0 Å². The summed E-state index contributed by atoms with van der Waals surface area (Å²) >= 11 is 0. The van der Waals surface area contributed by atoms with Crippen LogP contribution in [0.2, 0.25) is 0 Å². The Morgan fingerprint density at radius 1 is 1.42 bits per heavy atom. The second kappa shape index (κ2) is 4.17. The first kappa shape index (κ1) is 11.9. The van der Waals surface area contributed by atoms with Crippen molar-refractivity contribution in [3.8, 4) is 11.8 Å². The van der Waals surface area contributed by atoms with Gasteiger partial charge in [0.15, 0.2) is 0 Å². The Balaban J connectivity index is 2.21. The number of hydrogen-bond acceptors (Lipinski definition) is 2. The van der Waals surface area contributed by atoms with Crippen molar-refractivity contribution in [1.82, 2.24) is 4.57 Å². The molecule has 3 rings (SSSR count). The number of methoxy groups -OCH3 is 1. The van der Waals surface area contributed by atoms with E-state index in [9.17, 15) is 5.26 Å². The van der Waals surface area contributed by atoms with Crippen LogP contribution < -0.4 is 4.74 Å². The van der Waals surface area contributed by atoms with Gasteiger partial charge in [-0.25, -0.2) is 0 Å². The van der Waals surface area contributed by atoms with Gasteiger partial charge in [0.1, 0.15) is 5.75 Å². The molecule has 1 aromatic heterocycles. The van der Waals surface area contributed by atoms with Crippen molar-refractivity contribution in [1.29, 1.82) is 5.26 Å². The van der Waals surface area contributed by atoms with Gasteiger partial charge >= 0.3 is 0 Å². The highest BCUT2D eigenvalue weighted by Crippen LogP contribution is 2.42. The molecule has 19 heavy (non-hydrogen) atoms. The number of hydrogen-bond donors (Lipinski definition) is 0. The molecule has 96 valence electrons. The summed E-state index contributed by atoms with van der Waals surface area (Å²) in [6.07, 6.45) is 2.56. The number of fused-ring (bicyclic) bond motifs is 2. The molecule has 2 heterocycles. The quantitative estimate of drug-likeness (QED) is 0.823. The van der Waals surface area contributed by atoms with Crippen LogP contribution in [0.4, 0.5) is 0 Å². The fraction of sp³-hybridized carbons (Fsp3) is 0.312. The van der Waals surface area contributed by atoms with Crippen LogP contribution in [0.1, 0.15) is 30.2 Å². The molecule has 0 fully saturated rings. The molecule has 3 heteroatoms. The van der Waals surface area contributed by atoms with E-state index in [0.29, 0.717) is 6.42 Å². The van der Waals surface area contributed by atoms with Gasteiger partial charge in [-0.3, -0.25) is 0 Å². The molecule has 3 nitrogen and oxygen atoms in total. The largest absolute Gasteiger partial charge is 0.497 e. The second-order valence-corrected chi connectivity index (χ2v) is 5.21. The predicted molar refractivity (Wildman–Crippen MR) is 73.2 cm³/mol. The van der Waals surface area contributed by atoms with E-state index >= 15 is 0 Å². The molecule has 2 aromatic rings. The van der Waals surface area contributed by atoms with E-state index in [-0.39, 0.29) is 5.41 Å². The van der Waals surface area contributed by atoms with E-state index in [0.717, 1.165) is 12.3 Å². The molecule has 0 saturated carbocycles. The van der Waals surface area contributed by atoms with Gasteiger partial charge in [-0.05, 0) is 42.3 Å². The van der Waals surface area contributed by atoms with Crippen LogP contribution in [0.25, 0.3) is 0 Å². The minimum atomic E-state index is -0.238. The number of benzene rings is 1. The number of nitrogens with zero attached hydrogens (tertiary/aromatic N) is 2. The maximum atomic E-state index is 9.19. The van der Waals surface area contributed by atoms with Crippen molar-refractivity contribution >= 4 is 0 Å². The molecule has 0 amide bonds. The molecule has 1 aliphatic heterocycles. The number of ether oxygens (including phenoxy) is 1. The first-order chi connectivity index (χ1) is 9.19. The molecule has 1 atom stereocenters. The van der Waals surface area contributed by atoms with E-state index in [4.69, 9.17) is 4.74 Å². The molecule has 0 spiro atoms. The Labute approximate surface area is 113 Å². The molecule has 1 unspecified atom stereocenters. The van der Waals surface area contributed by atoms with Gasteiger partial charge in [-0.15, -0.1) is 0 Å². The molecule has 1 aromatic carbocycles. The third-order valence-corrected chi connectivity index (χ3v) is 4.08. The highest BCUT2D eigenvalue weighted by molar-refractivity contribution is 5.48. The highest BCUT2D eigenvalue weighted by Gasteiger charge is 2.36. The predicted octanol–water partition coefficient (Wildman–Crippen LogP) is 3.08. The lowest BCUT2D eigenvalue weighted by atomic mass is 9.73. The average molecular weight is 252 g/mol. The van der Waals surface area contributed by atoms with Crippen molar-refractivity contribution in [3.05, 3.63) is 53.3 Å². The van der Waals surface area contributed by atoms with Crippen molar-refractivity contribution in [3.63, 3.8) is 0 Å². The Morgan fingerprint density at radius 3 is 3.00 bits per heavy atom.